The summed E-state index contributed by atoms with van der Waals surface area (Å²) in [6.07, 6.45) is 4.81. The van der Waals surface area contributed by atoms with Crippen LogP contribution >= 0.6 is 0 Å². The van der Waals surface area contributed by atoms with Crippen molar-refractivity contribution in [2.45, 2.75) is 12.6 Å². The Kier molecular flexibility index (Phi) is 4.23. The average Bonchev–Trinajstić information content (AvgIpc) is 3.19. The molecule has 0 saturated carbocycles. The molecule has 26 heavy (non-hydrogen) atoms. The largest absolute Gasteiger partial charge is 0.467 e. The molecule has 4 rings (SSSR count). The van der Waals surface area contributed by atoms with Crippen molar-refractivity contribution in [1.82, 2.24) is 9.88 Å². The Balaban J connectivity index is 1.73. The first-order valence-corrected chi connectivity index (χ1v) is 8.32. The standard InChI is InChI=1S/C20H17N3O3/c24-18-14-22(16-5-2-1-3-6-16)20(25)19(15-8-10-21-11-9-15)23(18)13-17-7-4-12-26-17/h1-12,19H,13-14H2/t19-/m0/s1. The van der Waals surface area contributed by atoms with Crippen molar-refractivity contribution in [2.75, 3.05) is 11.4 Å². The van der Waals surface area contributed by atoms with Crippen molar-refractivity contribution in [3.05, 3.63) is 84.6 Å². The van der Waals surface area contributed by atoms with Crippen LogP contribution in [0, 0.1) is 0 Å². The number of carbonyl (C=O) groups excluding carboxylic acids is 2. The molecule has 0 bridgehead atoms. The maximum Gasteiger partial charge on any atom is 0.254 e. The second-order valence-corrected chi connectivity index (χ2v) is 6.04. The van der Waals surface area contributed by atoms with Gasteiger partial charge in [0.15, 0.2) is 0 Å². The summed E-state index contributed by atoms with van der Waals surface area (Å²) in [4.78, 5) is 33.3. The fraction of sp³-hybridized carbons (Fsp3) is 0.150. The summed E-state index contributed by atoms with van der Waals surface area (Å²) in [7, 11) is 0. The normalized spacial score (nSPS) is 17.6. The van der Waals surface area contributed by atoms with Crippen molar-refractivity contribution < 1.29 is 14.0 Å². The van der Waals surface area contributed by atoms with E-state index in [0.29, 0.717) is 11.4 Å². The molecule has 3 heterocycles. The number of nitrogens with zero attached hydrogens (tertiary/aromatic N) is 3. The van der Waals surface area contributed by atoms with Gasteiger partial charge in [0.05, 0.1) is 12.8 Å². The van der Waals surface area contributed by atoms with Crippen molar-refractivity contribution >= 4 is 17.5 Å². The molecule has 0 N–H and O–H groups in total. The molecular formula is C20H17N3O3. The zero-order valence-electron chi connectivity index (χ0n) is 14.0. The average molecular weight is 347 g/mol. The lowest BCUT2D eigenvalue weighted by molar-refractivity contribution is -0.144. The predicted octanol–water partition coefficient (Wildman–Crippen LogP) is 2.79. The van der Waals surface area contributed by atoms with Gasteiger partial charge in [0.1, 0.15) is 18.3 Å². The van der Waals surface area contributed by atoms with E-state index < -0.39 is 6.04 Å². The predicted molar refractivity (Wildman–Crippen MR) is 95.0 cm³/mol. The van der Waals surface area contributed by atoms with E-state index in [9.17, 15) is 9.59 Å². The highest BCUT2D eigenvalue weighted by atomic mass is 16.3. The van der Waals surface area contributed by atoms with Crippen LogP contribution in [0.5, 0.6) is 0 Å². The molecule has 2 amide bonds. The van der Waals surface area contributed by atoms with E-state index in [-0.39, 0.29) is 24.9 Å². The molecule has 1 aliphatic rings. The van der Waals surface area contributed by atoms with E-state index in [1.54, 1.807) is 47.8 Å². The van der Waals surface area contributed by atoms with Gasteiger partial charge in [-0.3, -0.25) is 14.6 Å². The van der Waals surface area contributed by atoms with Crippen molar-refractivity contribution in [1.29, 1.82) is 0 Å². The van der Waals surface area contributed by atoms with E-state index >= 15 is 0 Å². The molecule has 1 atom stereocenters. The molecule has 0 spiro atoms. The smallest absolute Gasteiger partial charge is 0.254 e. The topological polar surface area (TPSA) is 66.7 Å². The fourth-order valence-corrected chi connectivity index (χ4v) is 3.17. The second-order valence-electron chi connectivity index (χ2n) is 6.04. The molecule has 1 fully saturated rings. The van der Waals surface area contributed by atoms with Crippen LogP contribution in [0.25, 0.3) is 0 Å². The molecule has 130 valence electrons. The van der Waals surface area contributed by atoms with Gasteiger partial charge in [-0.2, -0.15) is 0 Å². The minimum atomic E-state index is -0.718. The van der Waals surface area contributed by atoms with Crippen LogP contribution in [-0.2, 0) is 16.1 Å². The molecule has 1 aromatic carbocycles. The van der Waals surface area contributed by atoms with Crippen LogP contribution in [0.1, 0.15) is 17.4 Å². The Labute approximate surface area is 150 Å². The van der Waals surface area contributed by atoms with Crippen molar-refractivity contribution in [3.8, 4) is 0 Å². The first-order chi connectivity index (χ1) is 12.7. The third kappa shape index (κ3) is 2.97. The van der Waals surface area contributed by atoms with Crippen LogP contribution in [0.4, 0.5) is 5.69 Å². The molecule has 1 saturated heterocycles. The molecule has 1 aliphatic heterocycles. The monoisotopic (exact) mass is 347 g/mol. The lowest BCUT2D eigenvalue weighted by Crippen LogP contribution is -2.55. The molecule has 0 radical (unpaired) electrons. The second kappa shape index (κ2) is 6.84. The molecule has 6 heteroatoms. The highest BCUT2D eigenvalue weighted by Gasteiger charge is 2.41. The van der Waals surface area contributed by atoms with Gasteiger partial charge in [0.25, 0.3) is 5.91 Å². The summed E-state index contributed by atoms with van der Waals surface area (Å²) in [6, 6.07) is 15.6. The molecule has 0 aliphatic carbocycles. The van der Waals surface area contributed by atoms with Gasteiger partial charge in [-0.1, -0.05) is 18.2 Å². The van der Waals surface area contributed by atoms with Gasteiger partial charge in [0, 0.05) is 18.1 Å². The number of benzene rings is 1. The number of rotatable bonds is 4. The zero-order chi connectivity index (χ0) is 17.9. The summed E-state index contributed by atoms with van der Waals surface area (Å²) in [6.45, 7) is 0.248. The number of pyridine rings is 1. The van der Waals surface area contributed by atoms with Gasteiger partial charge in [-0.05, 0) is 42.0 Å². The third-order valence-corrected chi connectivity index (χ3v) is 4.42. The highest BCUT2D eigenvalue weighted by molar-refractivity contribution is 6.06. The SMILES string of the molecule is O=C1[C@H](c2ccncc2)N(Cc2ccco2)C(=O)CN1c1ccccc1. The maximum atomic E-state index is 13.3. The van der Waals surface area contributed by atoms with Crippen LogP contribution in [0.15, 0.2) is 77.7 Å². The van der Waals surface area contributed by atoms with E-state index in [2.05, 4.69) is 4.98 Å². The maximum absolute atomic E-state index is 13.3. The van der Waals surface area contributed by atoms with Crippen molar-refractivity contribution in [2.24, 2.45) is 0 Å². The van der Waals surface area contributed by atoms with Crippen LogP contribution in [0.3, 0.4) is 0 Å². The van der Waals surface area contributed by atoms with Crippen LogP contribution in [0.2, 0.25) is 0 Å². The number of amides is 2. The Morgan fingerprint density at radius 1 is 1.00 bits per heavy atom. The number of para-hydroxylation sites is 1. The zero-order valence-corrected chi connectivity index (χ0v) is 14.0. The Bertz CT molecular complexity index is 895. The van der Waals surface area contributed by atoms with Gasteiger partial charge in [0.2, 0.25) is 5.91 Å². The summed E-state index contributed by atoms with van der Waals surface area (Å²) in [5, 5.41) is 0. The Morgan fingerprint density at radius 2 is 1.77 bits per heavy atom. The Morgan fingerprint density at radius 3 is 2.46 bits per heavy atom. The van der Waals surface area contributed by atoms with E-state index in [4.69, 9.17) is 4.42 Å². The van der Waals surface area contributed by atoms with E-state index in [1.807, 2.05) is 30.3 Å². The Hall–Kier alpha value is -3.41. The lowest BCUT2D eigenvalue weighted by atomic mass is 10.0. The number of piperazine rings is 1. The number of hydrogen-bond acceptors (Lipinski definition) is 4. The summed E-state index contributed by atoms with van der Waals surface area (Å²) in [5.74, 6) is 0.360. The van der Waals surface area contributed by atoms with Gasteiger partial charge in [-0.15, -0.1) is 0 Å². The lowest BCUT2D eigenvalue weighted by Gasteiger charge is -2.40. The molecule has 6 nitrogen and oxygen atoms in total. The molecule has 0 unspecified atom stereocenters. The summed E-state index contributed by atoms with van der Waals surface area (Å²) < 4.78 is 5.38. The fourth-order valence-electron chi connectivity index (χ4n) is 3.17. The van der Waals surface area contributed by atoms with E-state index in [0.717, 1.165) is 5.56 Å². The summed E-state index contributed by atoms with van der Waals surface area (Å²) in [5.41, 5.74) is 1.44. The van der Waals surface area contributed by atoms with Gasteiger partial charge >= 0.3 is 0 Å². The van der Waals surface area contributed by atoms with Gasteiger partial charge in [-0.25, -0.2) is 0 Å². The minimum absolute atomic E-state index is 0.00510. The number of hydrogen-bond donors (Lipinski definition) is 0. The molecule has 3 aromatic rings. The number of anilines is 1. The number of furan rings is 1. The highest BCUT2D eigenvalue weighted by Crippen LogP contribution is 2.31. The van der Waals surface area contributed by atoms with Gasteiger partial charge < -0.3 is 14.2 Å². The first-order valence-electron chi connectivity index (χ1n) is 8.32. The number of carbonyl (C=O) groups is 2. The molecule has 2 aromatic heterocycles. The van der Waals surface area contributed by atoms with Crippen molar-refractivity contribution in [3.63, 3.8) is 0 Å². The third-order valence-electron chi connectivity index (χ3n) is 4.42. The number of aromatic nitrogens is 1. The van der Waals surface area contributed by atoms with Crippen LogP contribution in [-0.4, -0.2) is 28.2 Å². The van der Waals surface area contributed by atoms with E-state index in [1.165, 1.54) is 4.90 Å². The summed E-state index contributed by atoms with van der Waals surface area (Å²) >= 11 is 0. The minimum Gasteiger partial charge on any atom is -0.467 e. The van der Waals surface area contributed by atoms with Crippen LogP contribution < -0.4 is 4.90 Å². The quantitative estimate of drug-likeness (QED) is 0.728. The first kappa shape index (κ1) is 16.1. The molecular weight excluding hydrogens is 330 g/mol.